The number of piperazine rings is 1. The summed E-state index contributed by atoms with van der Waals surface area (Å²) in [5, 5.41) is 3.38. The summed E-state index contributed by atoms with van der Waals surface area (Å²) in [7, 11) is 0. The van der Waals surface area contributed by atoms with E-state index in [1.165, 1.54) is 16.7 Å². The minimum absolute atomic E-state index is 0.354. The van der Waals surface area contributed by atoms with Gasteiger partial charge in [0.2, 0.25) is 6.79 Å². The number of ether oxygens (including phenoxy) is 2. The zero-order valence-corrected chi connectivity index (χ0v) is 11.1. The van der Waals surface area contributed by atoms with Gasteiger partial charge in [0.25, 0.3) is 0 Å². The van der Waals surface area contributed by atoms with Crippen LogP contribution in [0, 0.1) is 13.8 Å². The molecule has 2 aliphatic heterocycles. The molecule has 4 nitrogen and oxygen atoms in total. The van der Waals surface area contributed by atoms with Gasteiger partial charge >= 0.3 is 0 Å². The zero-order valence-electron chi connectivity index (χ0n) is 11.1. The SMILES string of the molecule is Cc1c(CN2CCNCC2)cc2c(c1C)OCO2. The van der Waals surface area contributed by atoms with E-state index in [0.29, 0.717) is 6.79 Å². The van der Waals surface area contributed by atoms with E-state index in [9.17, 15) is 0 Å². The Kier molecular flexibility index (Phi) is 3.14. The second-order valence-corrected chi connectivity index (χ2v) is 5.05. The molecule has 0 spiro atoms. The molecule has 18 heavy (non-hydrogen) atoms. The van der Waals surface area contributed by atoms with Crippen molar-refractivity contribution in [2.45, 2.75) is 20.4 Å². The second-order valence-electron chi connectivity index (χ2n) is 5.05. The van der Waals surface area contributed by atoms with Crippen LogP contribution in [-0.4, -0.2) is 37.9 Å². The van der Waals surface area contributed by atoms with Gasteiger partial charge in [-0.2, -0.15) is 0 Å². The van der Waals surface area contributed by atoms with Crippen molar-refractivity contribution in [2.24, 2.45) is 0 Å². The summed E-state index contributed by atoms with van der Waals surface area (Å²) in [6.07, 6.45) is 0. The first-order chi connectivity index (χ1) is 8.75. The third-order valence-corrected chi connectivity index (χ3v) is 3.94. The van der Waals surface area contributed by atoms with E-state index in [-0.39, 0.29) is 0 Å². The van der Waals surface area contributed by atoms with Crippen LogP contribution in [0.4, 0.5) is 0 Å². The van der Waals surface area contributed by atoms with Gasteiger partial charge in [-0.15, -0.1) is 0 Å². The summed E-state index contributed by atoms with van der Waals surface area (Å²) >= 11 is 0. The Balaban J connectivity index is 1.85. The van der Waals surface area contributed by atoms with Gasteiger partial charge in [0.05, 0.1) is 0 Å². The van der Waals surface area contributed by atoms with E-state index in [4.69, 9.17) is 9.47 Å². The molecule has 2 aliphatic rings. The smallest absolute Gasteiger partial charge is 0.231 e. The molecule has 0 amide bonds. The van der Waals surface area contributed by atoms with E-state index in [0.717, 1.165) is 44.2 Å². The lowest BCUT2D eigenvalue weighted by Crippen LogP contribution is -2.43. The van der Waals surface area contributed by atoms with Gasteiger partial charge in [0.1, 0.15) is 0 Å². The maximum absolute atomic E-state index is 5.51. The first-order valence-electron chi connectivity index (χ1n) is 6.57. The molecule has 0 aromatic heterocycles. The molecule has 0 aliphatic carbocycles. The summed E-state index contributed by atoms with van der Waals surface area (Å²) in [6, 6.07) is 2.15. The van der Waals surface area contributed by atoms with Crippen LogP contribution in [0.3, 0.4) is 0 Å². The molecule has 0 radical (unpaired) electrons. The van der Waals surface area contributed by atoms with E-state index in [2.05, 4.69) is 30.1 Å². The van der Waals surface area contributed by atoms with Gasteiger partial charge in [-0.05, 0) is 36.6 Å². The van der Waals surface area contributed by atoms with Crippen LogP contribution >= 0.6 is 0 Å². The minimum atomic E-state index is 0.354. The topological polar surface area (TPSA) is 33.7 Å². The number of hydrogen-bond acceptors (Lipinski definition) is 4. The molecule has 0 atom stereocenters. The Hall–Kier alpha value is -1.26. The molecule has 1 aromatic carbocycles. The van der Waals surface area contributed by atoms with Crippen molar-refractivity contribution < 1.29 is 9.47 Å². The number of rotatable bonds is 2. The van der Waals surface area contributed by atoms with Gasteiger partial charge in [-0.25, -0.2) is 0 Å². The monoisotopic (exact) mass is 248 g/mol. The van der Waals surface area contributed by atoms with Gasteiger partial charge in [-0.3, -0.25) is 4.90 Å². The van der Waals surface area contributed by atoms with Crippen LogP contribution in [-0.2, 0) is 6.54 Å². The number of nitrogens with one attached hydrogen (secondary N) is 1. The molecule has 1 fully saturated rings. The lowest BCUT2D eigenvalue weighted by atomic mass is 10.0. The van der Waals surface area contributed by atoms with E-state index in [1.54, 1.807) is 0 Å². The van der Waals surface area contributed by atoms with Crippen LogP contribution in [0.5, 0.6) is 11.5 Å². The van der Waals surface area contributed by atoms with Crippen molar-refractivity contribution in [3.8, 4) is 11.5 Å². The minimum Gasteiger partial charge on any atom is -0.454 e. The Morgan fingerprint density at radius 2 is 1.94 bits per heavy atom. The van der Waals surface area contributed by atoms with Crippen molar-refractivity contribution in [3.05, 3.63) is 22.8 Å². The van der Waals surface area contributed by atoms with E-state index >= 15 is 0 Å². The fourth-order valence-electron chi connectivity index (χ4n) is 2.64. The molecule has 2 heterocycles. The standard InChI is InChI=1S/C14H20N2O2/c1-10-11(2)14-13(17-9-18-14)7-12(10)8-16-5-3-15-4-6-16/h7,15H,3-6,8-9H2,1-2H3. The van der Waals surface area contributed by atoms with Crippen molar-refractivity contribution in [3.63, 3.8) is 0 Å². The van der Waals surface area contributed by atoms with E-state index in [1.807, 2.05) is 0 Å². The highest BCUT2D eigenvalue weighted by molar-refractivity contribution is 5.54. The fraction of sp³-hybridized carbons (Fsp3) is 0.571. The van der Waals surface area contributed by atoms with Crippen molar-refractivity contribution in [1.29, 1.82) is 0 Å². The molecular weight excluding hydrogens is 228 g/mol. The Morgan fingerprint density at radius 1 is 1.17 bits per heavy atom. The zero-order chi connectivity index (χ0) is 12.5. The first-order valence-corrected chi connectivity index (χ1v) is 6.57. The van der Waals surface area contributed by atoms with Crippen LogP contribution in [0.15, 0.2) is 6.07 Å². The van der Waals surface area contributed by atoms with Crippen LogP contribution in [0.25, 0.3) is 0 Å². The largest absolute Gasteiger partial charge is 0.454 e. The van der Waals surface area contributed by atoms with Gasteiger partial charge in [0, 0.05) is 32.7 Å². The first kappa shape index (κ1) is 11.8. The normalized spacial score (nSPS) is 19.2. The van der Waals surface area contributed by atoms with E-state index < -0.39 is 0 Å². The van der Waals surface area contributed by atoms with Gasteiger partial charge < -0.3 is 14.8 Å². The maximum Gasteiger partial charge on any atom is 0.231 e. The molecule has 0 bridgehead atoms. The molecule has 0 saturated carbocycles. The quantitative estimate of drug-likeness (QED) is 0.858. The maximum atomic E-state index is 5.51. The lowest BCUT2D eigenvalue weighted by molar-refractivity contribution is 0.173. The lowest BCUT2D eigenvalue weighted by Gasteiger charge is -2.28. The highest BCUT2D eigenvalue weighted by atomic mass is 16.7. The van der Waals surface area contributed by atoms with Crippen LogP contribution in [0.1, 0.15) is 16.7 Å². The highest BCUT2D eigenvalue weighted by Gasteiger charge is 2.21. The molecule has 3 rings (SSSR count). The molecule has 0 unspecified atom stereocenters. The van der Waals surface area contributed by atoms with Gasteiger partial charge in [0.15, 0.2) is 11.5 Å². The predicted molar refractivity (Wildman–Crippen MR) is 70.2 cm³/mol. The third-order valence-electron chi connectivity index (χ3n) is 3.94. The molecule has 1 aromatic rings. The van der Waals surface area contributed by atoms with Crippen molar-refractivity contribution in [1.82, 2.24) is 10.2 Å². The summed E-state index contributed by atoms with van der Waals surface area (Å²) in [5.74, 6) is 1.83. The summed E-state index contributed by atoms with van der Waals surface area (Å²) < 4.78 is 11.0. The summed E-state index contributed by atoms with van der Waals surface area (Å²) in [4.78, 5) is 2.49. The Bertz CT molecular complexity index is 454. The fourth-order valence-corrected chi connectivity index (χ4v) is 2.64. The average Bonchev–Trinajstić information content (AvgIpc) is 2.85. The summed E-state index contributed by atoms with van der Waals surface area (Å²) in [5.41, 5.74) is 3.91. The van der Waals surface area contributed by atoms with Crippen molar-refractivity contribution >= 4 is 0 Å². The molecule has 1 N–H and O–H groups in total. The molecular formula is C14H20N2O2. The third kappa shape index (κ3) is 2.06. The predicted octanol–water partition coefficient (Wildman–Crippen LogP) is 1.44. The second kappa shape index (κ2) is 4.78. The molecule has 4 heteroatoms. The Morgan fingerprint density at radius 3 is 2.72 bits per heavy atom. The van der Waals surface area contributed by atoms with Crippen LogP contribution < -0.4 is 14.8 Å². The summed E-state index contributed by atoms with van der Waals surface area (Å²) in [6.45, 7) is 10.1. The number of fused-ring (bicyclic) bond motifs is 1. The molecule has 1 saturated heterocycles. The average molecular weight is 248 g/mol. The molecule has 98 valence electrons. The Labute approximate surface area is 108 Å². The number of benzene rings is 1. The number of hydrogen-bond donors (Lipinski definition) is 1. The van der Waals surface area contributed by atoms with Gasteiger partial charge in [-0.1, -0.05) is 0 Å². The highest BCUT2D eigenvalue weighted by Crippen LogP contribution is 2.39. The number of nitrogens with zero attached hydrogens (tertiary/aromatic N) is 1. The van der Waals surface area contributed by atoms with Crippen molar-refractivity contribution in [2.75, 3.05) is 33.0 Å². The van der Waals surface area contributed by atoms with Crippen LogP contribution in [0.2, 0.25) is 0 Å².